The molecular weight excluding hydrogens is 376 g/mol. The Morgan fingerprint density at radius 1 is 1.32 bits per heavy atom. The number of aromatic amines is 1. The number of ether oxygens (including phenoxy) is 2. The molecule has 0 saturated carbocycles. The van der Waals surface area contributed by atoms with Crippen LogP contribution in [0, 0.1) is 0 Å². The Balaban J connectivity index is 1.55. The van der Waals surface area contributed by atoms with Gasteiger partial charge in [0.15, 0.2) is 0 Å². The molecule has 4 heterocycles. The molecule has 0 bridgehead atoms. The van der Waals surface area contributed by atoms with Crippen molar-refractivity contribution in [3.05, 3.63) is 30.0 Å². The van der Waals surface area contributed by atoms with Crippen LogP contribution in [0.5, 0.6) is 5.75 Å². The molecule has 1 amide bonds. The monoisotopic (exact) mass is 400 g/mol. The van der Waals surface area contributed by atoms with E-state index in [0.29, 0.717) is 13.1 Å². The summed E-state index contributed by atoms with van der Waals surface area (Å²) in [6.45, 7) is 6.83. The number of aromatic nitrogens is 3. The highest BCUT2D eigenvalue weighted by molar-refractivity contribution is 7.13. The predicted octanol–water partition coefficient (Wildman–Crippen LogP) is 4.46. The Morgan fingerprint density at radius 3 is 2.93 bits per heavy atom. The van der Waals surface area contributed by atoms with Gasteiger partial charge in [-0.05, 0) is 39.7 Å². The number of thiazole rings is 1. The molecule has 1 atom stereocenters. The maximum Gasteiger partial charge on any atom is 0.410 e. The van der Waals surface area contributed by atoms with E-state index in [2.05, 4.69) is 15.0 Å². The van der Waals surface area contributed by atoms with Gasteiger partial charge in [0, 0.05) is 36.1 Å². The molecule has 0 radical (unpaired) electrons. The van der Waals surface area contributed by atoms with Gasteiger partial charge in [-0.3, -0.25) is 0 Å². The van der Waals surface area contributed by atoms with Crippen LogP contribution in [-0.4, -0.2) is 50.7 Å². The quantitative estimate of drug-likeness (QED) is 0.702. The predicted molar refractivity (Wildman–Crippen MR) is 109 cm³/mol. The van der Waals surface area contributed by atoms with Crippen LogP contribution in [-0.2, 0) is 4.74 Å². The van der Waals surface area contributed by atoms with Gasteiger partial charge >= 0.3 is 6.09 Å². The number of nitrogens with one attached hydrogen (secondary N) is 1. The molecule has 1 saturated heterocycles. The summed E-state index contributed by atoms with van der Waals surface area (Å²) < 4.78 is 11.9. The fourth-order valence-electron chi connectivity index (χ4n) is 3.36. The number of likely N-dealkylation sites (tertiary alicyclic amines) is 1. The van der Waals surface area contributed by atoms with Gasteiger partial charge in [0.2, 0.25) is 0 Å². The first-order valence-corrected chi connectivity index (χ1v) is 10.3. The number of amides is 1. The van der Waals surface area contributed by atoms with Crippen LogP contribution >= 0.6 is 11.3 Å². The average Bonchev–Trinajstić information content (AvgIpc) is 3.30. The first-order chi connectivity index (χ1) is 13.4. The van der Waals surface area contributed by atoms with Gasteiger partial charge in [-0.1, -0.05) is 0 Å². The molecule has 1 fully saturated rings. The van der Waals surface area contributed by atoms with Crippen molar-refractivity contribution in [1.82, 2.24) is 19.9 Å². The highest BCUT2D eigenvalue weighted by atomic mass is 32.1. The van der Waals surface area contributed by atoms with Crippen LogP contribution in [0.3, 0.4) is 0 Å². The smallest absolute Gasteiger partial charge is 0.410 e. The molecule has 7 nitrogen and oxygen atoms in total. The summed E-state index contributed by atoms with van der Waals surface area (Å²) in [5, 5.41) is 3.79. The van der Waals surface area contributed by atoms with E-state index in [9.17, 15) is 4.79 Å². The minimum absolute atomic E-state index is 0.0917. The summed E-state index contributed by atoms with van der Waals surface area (Å²) in [6.07, 6.45) is 6.82. The minimum Gasteiger partial charge on any atom is -0.488 e. The standard InChI is InChI=1S/C20H24N4O3S/c1-20(2,3)27-19(25)24-9-4-5-13(12-24)26-15-6-7-21-17-16(15)14(11-23-17)18-22-8-10-28-18/h6-8,10-11,13H,4-5,9,12H2,1-3H3,(H,21,23)/t13-/m1/s1. The van der Waals surface area contributed by atoms with E-state index in [4.69, 9.17) is 9.47 Å². The summed E-state index contributed by atoms with van der Waals surface area (Å²) in [6, 6.07) is 1.87. The van der Waals surface area contributed by atoms with E-state index in [1.165, 1.54) is 0 Å². The number of carbonyl (C=O) groups is 1. The Kier molecular flexibility index (Phi) is 4.97. The first-order valence-electron chi connectivity index (χ1n) is 9.41. The molecule has 1 aliphatic heterocycles. The van der Waals surface area contributed by atoms with Gasteiger partial charge in [0.1, 0.15) is 28.1 Å². The molecule has 0 aliphatic carbocycles. The summed E-state index contributed by atoms with van der Waals surface area (Å²) in [5.41, 5.74) is 1.24. The molecule has 0 unspecified atom stereocenters. The zero-order valence-corrected chi connectivity index (χ0v) is 17.1. The number of pyridine rings is 1. The molecule has 0 spiro atoms. The number of rotatable bonds is 3. The first kappa shape index (κ1) is 18.7. The summed E-state index contributed by atoms with van der Waals surface area (Å²) in [7, 11) is 0. The molecule has 28 heavy (non-hydrogen) atoms. The number of H-pyrrole nitrogens is 1. The molecule has 3 aromatic rings. The molecule has 4 rings (SSSR count). The molecule has 148 valence electrons. The second kappa shape index (κ2) is 7.43. The number of fused-ring (bicyclic) bond motifs is 1. The van der Waals surface area contributed by atoms with Crippen molar-refractivity contribution in [3.8, 4) is 16.3 Å². The van der Waals surface area contributed by atoms with Crippen molar-refractivity contribution in [3.63, 3.8) is 0 Å². The van der Waals surface area contributed by atoms with Crippen LogP contribution in [0.1, 0.15) is 33.6 Å². The van der Waals surface area contributed by atoms with Gasteiger partial charge in [-0.2, -0.15) is 0 Å². The Morgan fingerprint density at radius 2 is 2.18 bits per heavy atom. The van der Waals surface area contributed by atoms with Crippen LogP contribution in [0.15, 0.2) is 30.0 Å². The topological polar surface area (TPSA) is 80.3 Å². The van der Waals surface area contributed by atoms with E-state index >= 15 is 0 Å². The molecular formula is C20H24N4O3S. The third-order valence-electron chi connectivity index (χ3n) is 4.52. The summed E-state index contributed by atoms with van der Waals surface area (Å²) >= 11 is 1.58. The van der Waals surface area contributed by atoms with Crippen LogP contribution in [0.2, 0.25) is 0 Å². The zero-order chi connectivity index (χ0) is 19.7. The molecule has 0 aromatic carbocycles. The van der Waals surface area contributed by atoms with Gasteiger partial charge < -0.3 is 19.4 Å². The molecule has 1 N–H and O–H groups in total. The van der Waals surface area contributed by atoms with Crippen LogP contribution < -0.4 is 4.74 Å². The Hall–Kier alpha value is -2.61. The van der Waals surface area contributed by atoms with E-state index in [1.807, 2.05) is 38.4 Å². The number of carbonyl (C=O) groups excluding carboxylic acids is 1. The van der Waals surface area contributed by atoms with Crippen LogP contribution in [0.25, 0.3) is 21.6 Å². The largest absolute Gasteiger partial charge is 0.488 e. The average molecular weight is 401 g/mol. The maximum atomic E-state index is 12.4. The number of hydrogen-bond acceptors (Lipinski definition) is 6. The second-order valence-corrected chi connectivity index (χ2v) is 8.78. The number of nitrogens with zero attached hydrogens (tertiary/aromatic N) is 3. The highest BCUT2D eigenvalue weighted by Gasteiger charge is 2.29. The number of piperidine rings is 1. The summed E-state index contributed by atoms with van der Waals surface area (Å²) in [5.74, 6) is 0.757. The molecule has 8 heteroatoms. The Bertz CT molecular complexity index is 962. The van der Waals surface area contributed by atoms with E-state index in [1.54, 1.807) is 28.6 Å². The van der Waals surface area contributed by atoms with Crippen molar-refractivity contribution in [2.45, 2.75) is 45.3 Å². The lowest BCUT2D eigenvalue weighted by Gasteiger charge is -2.34. The second-order valence-electron chi connectivity index (χ2n) is 7.88. The zero-order valence-electron chi connectivity index (χ0n) is 16.3. The third-order valence-corrected chi connectivity index (χ3v) is 5.33. The van der Waals surface area contributed by atoms with E-state index < -0.39 is 5.60 Å². The SMILES string of the molecule is CC(C)(C)OC(=O)N1CCC[C@@H](Oc2ccnc3[nH]cc(-c4nccs4)c23)C1. The fourth-order valence-corrected chi connectivity index (χ4v) is 4.02. The van der Waals surface area contributed by atoms with Crippen molar-refractivity contribution < 1.29 is 14.3 Å². The van der Waals surface area contributed by atoms with E-state index in [-0.39, 0.29) is 12.2 Å². The minimum atomic E-state index is -0.504. The van der Waals surface area contributed by atoms with Gasteiger partial charge in [0.25, 0.3) is 0 Å². The summed E-state index contributed by atoms with van der Waals surface area (Å²) in [4.78, 5) is 26.2. The lowest BCUT2D eigenvalue weighted by Crippen LogP contribution is -2.46. The van der Waals surface area contributed by atoms with Crippen molar-refractivity contribution >= 4 is 28.5 Å². The van der Waals surface area contributed by atoms with Gasteiger partial charge in [0.05, 0.1) is 11.9 Å². The van der Waals surface area contributed by atoms with Crippen molar-refractivity contribution in [1.29, 1.82) is 0 Å². The van der Waals surface area contributed by atoms with Gasteiger partial charge in [-0.15, -0.1) is 11.3 Å². The van der Waals surface area contributed by atoms with Crippen molar-refractivity contribution in [2.75, 3.05) is 13.1 Å². The lowest BCUT2D eigenvalue weighted by molar-refractivity contribution is 0.00793. The maximum absolute atomic E-state index is 12.4. The van der Waals surface area contributed by atoms with Crippen LogP contribution in [0.4, 0.5) is 4.79 Å². The molecule has 3 aromatic heterocycles. The normalized spacial score (nSPS) is 17.7. The van der Waals surface area contributed by atoms with Gasteiger partial charge in [-0.25, -0.2) is 14.8 Å². The third kappa shape index (κ3) is 3.96. The van der Waals surface area contributed by atoms with Crippen molar-refractivity contribution in [2.24, 2.45) is 0 Å². The Labute approximate surface area is 167 Å². The number of hydrogen-bond donors (Lipinski definition) is 1. The molecule has 1 aliphatic rings. The fraction of sp³-hybridized carbons (Fsp3) is 0.450. The van der Waals surface area contributed by atoms with E-state index in [0.717, 1.165) is 40.2 Å². The highest BCUT2D eigenvalue weighted by Crippen LogP contribution is 2.36. The lowest BCUT2D eigenvalue weighted by atomic mass is 10.1.